The highest BCUT2D eigenvalue weighted by molar-refractivity contribution is 6.31. The summed E-state index contributed by atoms with van der Waals surface area (Å²) >= 11 is 6.37. The summed E-state index contributed by atoms with van der Waals surface area (Å²) < 4.78 is 2.00. The second-order valence-electron chi connectivity index (χ2n) is 6.27. The minimum atomic E-state index is 0.722. The first kappa shape index (κ1) is 15.2. The number of pyridine rings is 1. The van der Waals surface area contributed by atoms with Gasteiger partial charge in [-0.05, 0) is 35.4 Å². The fraction of sp³-hybridized carbons (Fsp3) is 0. The smallest absolute Gasteiger partial charge is 0.0753 e. The zero-order valence-electron chi connectivity index (χ0n) is 13.9. The summed E-state index contributed by atoms with van der Waals surface area (Å²) in [5.74, 6) is 0. The average Bonchev–Trinajstić information content (AvgIpc) is 3.17. The van der Waals surface area contributed by atoms with Gasteiger partial charge in [0.1, 0.15) is 0 Å². The number of rotatable bonds is 2. The van der Waals surface area contributed by atoms with Gasteiger partial charge in [-0.2, -0.15) is 5.10 Å². The van der Waals surface area contributed by atoms with E-state index in [2.05, 4.69) is 59.7 Å². The summed E-state index contributed by atoms with van der Waals surface area (Å²) in [5, 5.41) is 6.39. The van der Waals surface area contributed by atoms with Crippen LogP contribution in [0.4, 0.5) is 0 Å². The molecular weight excluding hydrogens is 340 g/mol. The van der Waals surface area contributed by atoms with Gasteiger partial charge < -0.3 is 0 Å². The third-order valence-electron chi connectivity index (χ3n) is 4.73. The lowest BCUT2D eigenvalue weighted by Gasteiger charge is -2.17. The minimum Gasteiger partial charge on any atom is -0.232 e. The fourth-order valence-corrected chi connectivity index (χ4v) is 3.81. The van der Waals surface area contributed by atoms with E-state index in [1.54, 1.807) is 0 Å². The Morgan fingerprint density at radius 3 is 2.00 bits per heavy atom. The Kier molecular flexibility index (Phi) is 3.51. The molecule has 0 atom stereocenters. The van der Waals surface area contributed by atoms with E-state index in [-0.39, 0.29) is 0 Å². The summed E-state index contributed by atoms with van der Waals surface area (Å²) in [4.78, 5) is 0. The molecule has 0 unspecified atom stereocenters. The van der Waals surface area contributed by atoms with Gasteiger partial charge in [-0.25, -0.2) is 4.52 Å². The zero-order chi connectivity index (χ0) is 17.5. The molecule has 0 bridgehead atoms. The predicted octanol–water partition coefficient (Wildman–Crippen LogP) is 6.47. The van der Waals surface area contributed by atoms with Crippen LogP contribution in [0.1, 0.15) is 0 Å². The quantitative estimate of drug-likeness (QED) is 0.355. The van der Waals surface area contributed by atoms with Gasteiger partial charge >= 0.3 is 0 Å². The van der Waals surface area contributed by atoms with Crippen molar-refractivity contribution in [2.24, 2.45) is 0 Å². The van der Waals surface area contributed by atoms with Crippen molar-refractivity contribution in [3.05, 3.63) is 96.1 Å². The first-order chi connectivity index (χ1) is 12.8. The topological polar surface area (TPSA) is 17.3 Å². The molecule has 26 heavy (non-hydrogen) atoms. The highest BCUT2D eigenvalue weighted by atomic mass is 35.5. The molecule has 0 fully saturated rings. The lowest BCUT2D eigenvalue weighted by atomic mass is 9.91. The molecule has 5 aromatic rings. The van der Waals surface area contributed by atoms with Crippen LogP contribution in [0.2, 0.25) is 5.02 Å². The van der Waals surface area contributed by atoms with E-state index < -0.39 is 0 Å². The molecule has 124 valence electrons. The fourth-order valence-electron chi connectivity index (χ4n) is 3.64. The van der Waals surface area contributed by atoms with Crippen LogP contribution in [-0.2, 0) is 0 Å². The average molecular weight is 355 g/mol. The van der Waals surface area contributed by atoms with E-state index in [1.165, 1.54) is 22.3 Å². The summed E-state index contributed by atoms with van der Waals surface area (Å²) in [7, 11) is 0. The van der Waals surface area contributed by atoms with Gasteiger partial charge in [-0.15, -0.1) is 0 Å². The maximum atomic E-state index is 6.37. The third-order valence-corrected chi connectivity index (χ3v) is 4.97. The molecule has 0 saturated heterocycles. The molecule has 3 heteroatoms. The summed E-state index contributed by atoms with van der Waals surface area (Å²) in [6.45, 7) is 0. The largest absolute Gasteiger partial charge is 0.232 e. The molecule has 2 nitrogen and oxygen atoms in total. The molecule has 2 heterocycles. The number of benzene rings is 3. The van der Waals surface area contributed by atoms with E-state index in [4.69, 9.17) is 11.6 Å². The predicted molar refractivity (Wildman–Crippen MR) is 109 cm³/mol. The highest BCUT2D eigenvalue weighted by Gasteiger charge is 2.18. The number of aromatic nitrogens is 2. The van der Waals surface area contributed by atoms with Crippen LogP contribution in [0.3, 0.4) is 0 Å². The molecule has 2 aromatic heterocycles. The van der Waals surface area contributed by atoms with Crippen LogP contribution in [0.25, 0.3) is 38.7 Å². The normalized spacial score (nSPS) is 11.3. The monoisotopic (exact) mass is 354 g/mol. The van der Waals surface area contributed by atoms with Crippen LogP contribution >= 0.6 is 11.6 Å². The standard InChI is InChI=1S/C23H15ClN2/c24-18-11-12-20-19(15-18)22(16-7-3-1-4-8-16)23(17-9-5-2-6-10-17)21-13-14-25-26(20)21/h1-15H. The lowest BCUT2D eigenvalue weighted by Crippen LogP contribution is -1.97. The van der Waals surface area contributed by atoms with Crippen LogP contribution in [-0.4, -0.2) is 9.61 Å². The molecule has 3 aromatic carbocycles. The molecule has 0 aliphatic carbocycles. The number of hydrogen-bond donors (Lipinski definition) is 0. The Morgan fingerprint density at radius 1 is 0.654 bits per heavy atom. The Labute approximate surface area is 156 Å². The maximum absolute atomic E-state index is 6.37. The number of fused-ring (bicyclic) bond motifs is 3. The summed E-state index contributed by atoms with van der Waals surface area (Å²) in [5.41, 5.74) is 6.82. The number of halogens is 1. The maximum Gasteiger partial charge on any atom is 0.0753 e. The van der Waals surface area contributed by atoms with E-state index in [9.17, 15) is 0 Å². The SMILES string of the molecule is Clc1ccc2c(c1)c(-c1ccccc1)c(-c1ccccc1)c1ccnn12. The van der Waals surface area contributed by atoms with Crippen molar-refractivity contribution in [1.82, 2.24) is 9.61 Å². The molecule has 0 amide bonds. The number of hydrogen-bond acceptors (Lipinski definition) is 1. The van der Waals surface area contributed by atoms with E-state index in [1.807, 2.05) is 41.0 Å². The van der Waals surface area contributed by atoms with Crippen molar-refractivity contribution in [2.45, 2.75) is 0 Å². The van der Waals surface area contributed by atoms with Crippen LogP contribution in [0, 0.1) is 0 Å². The first-order valence-corrected chi connectivity index (χ1v) is 8.90. The Bertz CT molecular complexity index is 1230. The first-order valence-electron chi connectivity index (χ1n) is 8.53. The van der Waals surface area contributed by atoms with Crippen molar-refractivity contribution in [1.29, 1.82) is 0 Å². The van der Waals surface area contributed by atoms with Gasteiger partial charge in [0.2, 0.25) is 0 Å². The molecule has 5 rings (SSSR count). The second-order valence-corrected chi connectivity index (χ2v) is 6.71. The van der Waals surface area contributed by atoms with Crippen molar-refractivity contribution < 1.29 is 0 Å². The molecular formula is C23H15ClN2. The van der Waals surface area contributed by atoms with Gasteiger partial charge in [0.25, 0.3) is 0 Å². The van der Waals surface area contributed by atoms with Crippen molar-refractivity contribution in [2.75, 3.05) is 0 Å². The Hall–Kier alpha value is -3.10. The minimum absolute atomic E-state index is 0.722. The van der Waals surface area contributed by atoms with Crippen LogP contribution < -0.4 is 0 Å². The molecule has 0 aliphatic rings. The zero-order valence-corrected chi connectivity index (χ0v) is 14.7. The van der Waals surface area contributed by atoms with Crippen molar-refractivity contribution >= 4 is 28.0 Å². The van der Waals surface area contributed by atoms with Gasteiger partial charge in [0.15, 0.2) is 0 Å². The van der Waals surface area contributed by atoms with E-state index in [0.29, 0.717) is 0 Å². The van der Waals surface area contributed by atoms with Gasteiger partial charge in [-0.1, -0.05) is 72.3 Å². The molecule has 0 aliphatic heterocycles. The van der Waals surface area contributed by atoms with Gasteiger partial charge in [0, 0.05) is 21.5 Å². The van der Waals surface area contributed by atoms with Gasteiger partial charge in [0.05, 0.1) is 17.2 Å². The molecule has 0 saturated carbocycles. The molecule has 0 radical (unpaired) electrons. The van der Waals surface area contributed by atoms with E-state index in [0.717, 1.165) is 21.4 Å². The number of nitrogens with zero attached hydrogens (tertiary/aromatic N) is 2. The van der Waals surface area contributed by atoms with E-state index >= 15 is 0 Å². The summed E-state index contributed by atoms with van der Waals surface area (Å²) in [6.07, 6.45) is 1.85. The van der Waals surface area contributed by atoms with Gasteiger partial charge in [-0.3, -0.25) is 0 Å². The highest BCUT2D eigenvalue weighted by Crippen LogP contribution is 2.41. The van der Waals surface area contributed by atoms with Crippen molar-refractivity contribution in [3.8, 4) is 22.3 Å². The summed E-state index contributed by atoms with van der Waals surface area (Å²) in [6, 6.07) is 29.0. The molecule has 0 spiro atoms. The van der Waals surface area contributed by atoms with Crippen molar-refractivity contribution in [3.63, 3.8) is 0 Å². The Balaban J connectivity index is 2.05. The van der Waals surface area contributed by atoms with Crippen LogP contribution in [0.15, 0.2) is 91.1 Å². The Morgan fingerprint density at radius 2 is 1.31 bits per heavy atom. The molecule has 0 N–H and O–H groups in total. The second kappa shape index (κ2) is 6.01. The third kappa shape index (κ3) is 2.31. The lowest BCUT2D eigenvalue weighted by molar-refractivity contribution is 1.01. The van der Waals surface area contributed by atoms with Crippen LogP contribution in [0.5, 0.6) is 0 Å².